The van der Waals surface area contributed by atoms with Crippen molar-refractivity contribution in [1.29, 1.82) is 0 Å². The third-order valence-corrected chi connectivity index (χ3v) is 3.31. The minimum Gasteiger partial charge on any atom is -0.492 e. The first-order valence-corrected chi connectivity index (χ1v) is 7.56. The lowest BCUT2D eigenvalue weighted by Gasteiger charge is -2.19. The molecule has 0 aliphatic rings. The van der Waals surface area contributed by atoms with E-state index in [2.05, 4.69) is 5.32 Å². The van der Waals surface area contributed by atoms with Crippen LogP contribution in [0.15, 0.2) is 42.5 Å². The molecule has 128 valence electrons. The molecule has 1 heterocycles. The number of rotatable bonds is 6. The number of nitrogens with zero attached hydrogens (tertiary/aromatic N) is 1. The van der Waals surface area contributed by atoms with Crippen LogP contribution in [-0.4, -0.2) is 32.9 Å². The van der Waals surface area contributed by atoms with Gasteiger partial charge < -0.3 is 20.4 Å². The maximum Gasteiger partial charge on any atom is 0.355 e. The first-order chi connectivity index (χ1) is 11.4. The smallest absolute Gasteiger partial charge is 0.355 e. The van der Waals surface area contributed by atoms with E-state index in [0.717, 1.165) is 0 Å². The zero-order chi connectivity index (χ0) is 17.7. The van der Waals surface area contributed by atoms with Crippen molar-refractivity contribution in [2.45, 2.75) is 26.3 Å². The van der Waals surface area contributed by atoms with Gasteiger partial charge in [-0.1, -0.05) is 32.0 Å². The summed E-state index contributed by atoms with van der Waals surface area (Å²) in [6.07, 6.45) is 0.347. The summed E-state index contributed by atoms with van der Waals surface area (Å²) in [6, 6.07) is 9.95. The van der Waals surface area contributed by atoms with E-state index in [4.69, 9.17) is 4.84 Å². The lowest BCUT2D eigenvalue weighted by atomic mass is 10.0. The molecule has 1 aromatic heterocycles. The molecule has 0 spiro atoms. The van der Waals surface area contributed by atoms with Crippen molar-refractivity contribution in [2.75, 3.05) is 0 Å². The van der Waals surface area contributed by atoms with Gasteiger partial charge in [0.15, 0.2) is 0 Å². The number of benzene rings is 1. The van der Waals surface area contributed by atoms with Gasteiger partial charge in [-0.25, -0.2) is 4.79 Å². The summed E-state index contributed by atoms with van der Waals surface area (Å²) >= 11 is 0. The van der Waals surface area contributed by atoms with Gasteiger partial charge in [-0.3, -0.25) is 4.79 Å². The zero-order valence-corrected chi connectivity index (χ0v) is 13.5. The Kier molecular flexibility index (Phi) is 5.47. The van der Waals surface area contributed by atoms with Crippen LogP contribution < -0.4 is 10.2 Å². The van der Waals surface area contributed by atoms with E-state index in [9.17, 15) is 19.8 Å². The van der Waals surface area contributed by atoms with E-state index in [-0.39, 0.29) is 5.92 Å². The molecule has 24 heavy (non-hydrogen) atoms. The molecule has 3 N–H and O–H groups in total. The van der Waals surface area contributed by atoms with E-state index in [1.807, 2.05) is 13.8 Å². The van der Waals surface area contributed by atoms with Crippen LogP contribution in [0.5, 0.6) is 11.8 Å². The Morgan fingerprint density at radius 1 is 1.08 bits per heavy atom. The average Bonchev–Trinajstić information content (AvgIpc) is 2.86. The van der Waals surface area contributed by atoms with Gasteiger partial charge in [-0.15, -0.1) is 4.73 Å². The van der Waals surface area contributed by atoms with Gasteiger partial charge in [0, 0.05) is 17.7 Å². The zero-order valence-electron chi connectivity index (χ0n) is 13.5. The minimum atomic E-state index is -0.918. The van der Waals surface area contributed by atoms with Gasteiger partial charge in [0.1, 0.15) is 6.04 Å². The molecule has 0 saturated carbocycles. The maximum atomic E-state index is 12.3. The van der Waals surface area contributed by atoms with E-state index in [0.29, 0.717) is 16.7 Å². The second-order valence-electron chi connectivity index (χ2n) is 5.78. The average molecular weight is 332 g/mol. The van der Waals surface area contributed by atoms with E-state index in [1.165, 1.54) is 12.1 Å². The van der Waals surface area contributed by atoms with Crippen molar-refractivity contribution >= 4 is 11.9 Å². The fourth-order valence-corrected chi connectivity index (χ4v) is 2.17. The SMILES string of the molecule is CC(C)C[C@H](NC(=O)c1ccccc1)C(=O)On1c(O)ccc1O. The van der Waals surface area contributed by atoms with Crippen molar-refractivity contribution in [3.05, 3.63) is 48.0 Å². The summed E-state index contributed by atoms with van der Waals surface area (Å²) in [5.41, 5.74) is 0.422. The van der Waals surface area contributed by atoms with Crippen LogP contribution in [0.3, 0.4) is 0 Å². The number of hydrogen-bond donors (Lipinski definition) is 3. The van der Waals surface area contributed by atoms with Crippen molar-refractivity contribution in [3.63, 3.8) is 0 Å². The molecule has 0 saturated heterocycles. The Labute approximate surface area is 139 Å². The Morgan fingerprint density at radius 3 is 2.21 bits per heavy atom. The maximum absolute atomic E-state index is 12.3. The van der Waals surface area contributed by atoms with Crippen molar-refractivity contribution in [2.24, 2.45) is 5.92 Å². The molecule has 2 aromatic rings. The van der Waals surface area contributed by atoms with Gasteiger partial charge in [0.2, 0.25) is 11.8 Å². The summed E-state index contributed by atoms with van der Waals surface area (Å²) in [6.45, 7) is 3.80. The van der Waals surface area contributed by atoms with Crippen LogP contribution >= 0.6 is 0 Å². The molecule has 2 rings (SSSR count). The Morgan fingerprint density at radius 2 is 1.67 bits per heavy atom. The molecular weight excluding hydrogens is 312 g/mol. The van der Waals surface area contributed by atoms with E-state index < -0.39 is 29.7 Å². The highest BCUT2D eigenvalue weighted by atomic mass is 16.7. The fourth-order valence-electron chi connectivity index (χ4n) is 2.17. The van der Waals surface area contributed by atoms with Crippen LogP contribution in [0.4, 0.5) is 0 Å². The highest BCUT2D eigenvalue weighted by Crippen LogP contribution is 2.19. The molecule has 1 aromatic carbocycles. The molecule has 0 unspecified atom stereocenters. The van der Waals surface area contributed by atoms with Crippen LogP contribution in [0.1, 0.15) is 30.6 Å². The second-order valence-corrected chi connectivity index (χ2v) is 5.78. The van der Waals surface area contributed by atoms with Gasteiger partial charge in [0.05, 0.1) is 0 Å². The summed E-state index contributed by atoms with van der Waals surface area (Å²) in [7, 11) is 0. The Hall–Kier alpha value is -2.96. The number of nitrogens with one attached hydrogen (secondary N) is 1. The topological polar surface area (TPSA) is 101 Å². The van der Waals surface area contributed by atoms with Gasteiger partial charge >= 0.3 is 5.97 Å². The summed E-state index contributed by atoms with van der Waals surface area (Å²) in [5.74, 6) is -1.91. The predicted octanol–water partition coefficient (Wildman–Crippen LogP) is 1.70. The van der Waals surface area contributed by atoms with Crippen LogP contribution in [0.25, 0.3) is 0 Å². The molecule has 0 aliphatic heterocycles. The van der Waals surface area contributed by atoms with E-state index >= 15 is 0 Å². The number of amides is 1. The molecule has 1 atom stereocenters. The standard InChI is InChI=1S/C17H20N2O5/c1-11(2)10-13(18-16(22)12-6-4-3-5-7-12)17(23)24-19-14(20)8-9-15(19)21/h3-9,11,13,20-21H,10H2,1-2H3,(H,18,22)/t13-/m0/s1. The van der Waals surface area contributed by atoms with Crippen molar-refractivity contribution in [1.82, 2.24) is 10.0 Å². The largest absolute Gasteiger partial charge is 0.492 e. The van der Waals surface area contributed by atoms with Crippen LogP contribution in [0, 0.1) is 5.92 Å². The molecule has 0 aliphatic carbocycles. The molecule has 0 fully saturated rings. The first kappa shape index (κ1) is 17.4. The Balaban J connectivity index is 2.12. The lowest BCUT2D eigenvalue weighted by molar-refractivity contribution is -0.148. The molecule has 7 heteroatoms. The van der Waals surface area contributed by atoms with Crippen molar-refractivity contribution < 1.29 is 24.6 Å². The molecular formula is C17H20N2O5. The quantitative estimate of drug-likeness (QED) is 0.747. The normalized spacial score (nSPS) is 12.0. The Bertz CT molecular complexity index is 690. The van der Waals surface area contributed by atoms with Gasteiger partial charge in [-0.2, -0.15) is 0 Å². The van der Waals surface area contributed by atoms with Crippen molar-refractivity contribution in [3.8, 4) is 11.8 Å². The number of carbonyl (C=O) groups is 2. The van der Waals surface area contributed by atoms with Gasteiger partial charge in [0.25, 0.3) is 5.91 Å². The highest BCUT2D eigenvalue weighted by molar-refractivity contribution is 5.96. The molecule has 1 amide bonds. The molecule has 0 bridgehead atoms. The number of aromatic hydroxyl groups is 2. The third kappa shape index (κ3) is 4.28. The molecule has 0 radical (unpaired) electrons. The predicted molar refractivity (Wildman–Crippen MR) is 86.5 cm³/mol. The summed E-state index contributed by atoms with van der Waals surface area (Å²) in [5, 5.41) is 21.7. The second kappa shape index (κ2) is 7.54. The van der Waals surface area contributed by atoms with Gasteiger partial charge in [-0.05, 0) is 24.5 Å². The van der Waals surface area contributed by atoms with Crippen LogP contribution in [-0.2, 0) is 4.79 Å². The first-order valence-electron chi connectivity index (χ1n) is 7.56. The number of carbonyl (C=O) groups excluding carboxylic acids is 2. The summed E-state index contributed by atoms with van der Waals surface area (Å²) in [4.78, 5) is 29.6. The third-order valence-electron chi connectivity index (χ3n) is 3.31. The van der Waals surface area contributed by atoms with E-state index in [1.54, 1.807) is 30.3 Å². The highest BCUT2D eigenvalue weighted by Gasteiger charge is 2.26. The number of aromatic nitrogens is 1. The lowest BCUT2D eigenvalue weighted by Crippen LogP contribution is -2.45. The number of hydrogen-bond acceptors (Lipinski definition) is 5. The monoisotopic (exact) mass is 332 g/mol. The minimum absolute atomic E-state index is 0.116. The molecule has 7 nitrogen and oxygen atoms in total. The fraction of sp³-hybridized carbons (Fsp3) is 0.294. The van der Waals surface area contributed by atoms with Crippen LogP contribution in [0.2, 0.25) is 0 Å². The summed E-state index contributed by atoms with van der Waals surface area (Å²) < 4.78 is 0.602.